The van der Waals surface area contributed by atoms with Crippen LogP contribution < -0.4 is 10.0 Å². The molecule has 152 valence electrons. The Morgan fingerprint density at radius 1 is 1.18 bits per heavy atom. The number of amides is 1. The second-order valence-corrected chi connectivity index (χ2v) is 7.89. The minimum Gasteiger partial charge on any atom is -0.326 e. The van der Waals surface area contributed by atoms with Crippen LogP contribution in [0.3, 0.4) is 0 Å². The lowest BCUT2D eigenvalue weighted by molar-refractivity contribution is -0.137. The third-order valence-corrected chi connectivity index (χ3v) is 5.62. The molecule has 0 aliphatic carbocycles. The van der Waals surface area contributed by atoms with Crippen LogP contribution in [0, 0.1) is 12.7 Å². The van der Waals surface area contributed by atoms with E-state index in [-0.39, 0.29) is 12.5 Å². The van der Waals surface area contributed by atoms with Gasteiger partial charge in [-0.25, -0.2) is 17.5 Å². The van der Waals surface area contributed by atoms with Crippen molar-refractivity contribution < 1.29 is 30.8 Å². The van der Waals surface area contributed by atoms with Crippen molar-refractivity contribution in [1.82, 2.24) is 4.72 Å². The summed E-state index contributed by atoms with van der Waals surface area (Å²) >= 11 is 5.93. The number of benzene rings is 2. The number of rotatable bonds is 6. The van der Waals surface area contributed by atoms with Crippen LogP contribution in [0.1, 0.15) is 17.5 Å². The van der Waals surface area contributed by atoms with E-state index in [2.05, 4.69) is 5.32 Å². The fourth-order valence-corrected chi connectivity index (χ4v) is 3.53. The van der Waals surface area contributed by atoms with E-state index in [0.717, 1.165) is 0 Å². The Morgan fingerprint density at radius 2 is 1.86 bits per heavy atom. The zero-order chi connectivity index (χ0) is 21.1. The van der Waals surface area contributed by atoms with Gasteiger partial charge in [-0.05, 0) is 42.8 Å². The summed E-state index contributed by atoms with van der Waals surface area (Å²) in [6.07, 6.45) is -5.15. The van der Waals surface area contributed by atoms with Gasteiger partial charge < -0.3 is 5.32 Å². The molecule has 0 saturated carbocycles. The molecule has 2 rings (SSSR count). The highest BCUT2D eigenvalue weighted by molar-refractivity contribution is 7.89. The highest BCUT2D eigenvalue weighted by atomic mass is 35.5. The van der Waals surface area contributed by atoms with Crippen molar-refractivity contribution in [2.24, 2.45) is 0 Å². The summed E-state index contributed by atoms with van der Waals surface area (Å²) in [7, 11) is -4.58. The topological polar surface area (TPSA) is 75.3 Å². The van der Waals surface area contributed by atoms with E-state index in [1.807, 2.05) is 4.72 Å². The summed E-state index contributed by atoms with van der Waals surface area (Å²) < 4.78 is 78.0. The minimum absolute atomic E-state index is 0.201. The number of alkyl halides is 3. The number of sulfonamides is 1. The molecule has 5 nitrogen and oxygen atoms in total. The Hall–Kier alpha value is -2.17. The lowest BCUT2D eigenvalue weighted by Gasteiger charge is -2.12. The Bertz CT molecular complexity index is 994. The number of anilines is 1. The quantitative estimate of drug-likeness (QED) is 0.666. The Morgan fingerprint density at radius 3 is 2.50 bits per heavy atom. The summed E-state index contributed by atoms with van der Waals surface area (Å²) in [5.41, 5.74) is -0.253. The van der Waals surface area contributed by atoms with E-state index in [9.17, 15) is 30.8 Å². The zero-order valence-corrected chi connectivity index (χ0v) is 16.0. The van der Waals surface area contributed by atoms with Crippen LogP contribution in [0.4, 0.5) is 23.2 Å². The largest absolute Gasteiger partial charge is 0.416 e. The standard InChI is InChI=1S/C17H15ClF4N2O3S/c1-10-12(18)3-2-4-14(10)24-16(25)7-8-23-28(26,27)15-9-11(17(20,21)22)5-6-13(15)19/h2-6,9,23H,7-8H2,1H3,(H,24,25). The molecule has 2 aromatic carbocycles. The number of carbonyl (C=O) groups is 1. The van der Waals surface area contributed by atoms with Gasteiger partial charge in [-0.2, -0.15) is 13.2 Å². The first-order valence-corrected chi connectivity index (χ1v) is 9.69. The second kappa shape index (κ2) is 8.46. The van der Waals surface area contributed by atoms with Crippen LogP contribution >= 0.6 is 11.6 Å². The van der Waals surface area contributed by atoms with Crippen LogP contribution in [-0.4, -0.2) is 20.9 Å². The van der Waals surface area contributed by atoms with E-state index < -0.39 is 44.9 Å². The van der Waals surface area contributed by atoms with Crippen molar-refractivity contribution in [2.75, 3.05) is 11.9 Å². The molecule has 0 fully saturated rings. The first-order chi connectivity index (χ1) is 12.9. The van der Waals surface area contributed by atoms with Crippen molar-refractivity contribution in [3.05, 3.63) is 58.4 Å². The second-order valence-electron chi connectivity index (χ2n) is 5.75. The normalized spacial score (nSPS) is 12.1. The molecule has 2 aromatic rings. The molecule has 2 N–H and O–H groups in total. The fourth-order valence-electron chi connectivity index (χ4n) is 2.22. The molecule has 0 heterocycles. The predicted molar refractivity (Wildman–Crippen MR) is 96.0 cm³/mol. The van der Waals surface area contributed by atoms with Crippen LogP contribution in [0.25, 0.3) is 0 Å². The fraction of sp³-hybridized carbons (Fsp3) is 0.235. The maximum absolute atomic E-state index is 13.7. The Kier molecular flexibility index (Phi) is 6.68. The van der Waals surface area contributed by atoms with Gasteiger partial charge in [0.15, 0.2) is 0 Å². The monoisotopic (exact) mass is 438 g/mol. The van der Waals surface area contributed by atoms with Crippen molar-refractivity contribution in [1.29, 1.82) is 0 Å². The lowest BCUT2D eigenvalue weighted by Crippen LogP contribution is -2.29. The van der Waals surface area contributed by atoms with Gasteiger partial charge >= 0.3 is 6.18 Å². The van der Waals surface area contributed by atoms with Gasteiger partial charge in [0.1, 0.15) is 10.7 Å². The van der Waals surface area contributed by atoms with E-state index >= 15 is 0 Å². The van der Waals surface area contributed by atoms with Gasteiger partial charge in [-0.15, -0.1) is 0 Å². The molecular weight excluding hydrogens is 424 g/mol. The summed E-state index contributed by atoms with van der Waals surface area (Å²) in [6.45, 7) is 1.24. The van der Waals surface area contributed by atoms with E-state index in [0.29, 0.717) is 28.4 Å². The molecule has 0 unspecified atom stereocenters. The van der Waals surface area contributed by atoms with Gasteiger partial charge in [0.2, 0.25) is 15.9 Å². The highest BCUT2D eigenvalue weighted by Crippen LogP contribution is 2.31. The molecule has 0 atom stereocenters. The Labute approximate surface area is 163 Å². The third kappa shape index (κ3) is 5.43. The number of nitrogens with one attached hydrogen (secondary N) is 2. The van der Waals surface area contributed by atoms with Crippen LogP contribution in [-0.2, 0) is 21.0 Å². The molecule has 0 radical (unpaired) electrons. The van der Waals surface area contributed by atoms with Gasteiger partial charge in [-0.1, -0.05) is 17.7 Å². The minimum atomic E-state index is -4.83. The number of halogens is 5. The average Bonchev–Trinajstić information content (AvgIpc) is 2.58. The molecule has 0 aliphatic rings. The first-order valence-electron chi connectivity index (χ1n) is 7.83. The maximum atomic E-state index is 13.7. The van der Waals surface area contributed by atoms with E-state index in [4.69, 9.17) is 11.6 Å². The third-order valence-electron chi connectivity index (χ3n) is 3.73. The number of hydrogen-bond donors (Lipinski definition) is 2. The number of hydrogen-bond acceptors (Lipinski definition) is 3. The van der Waals surface area contributed by atoms with E-state index in [1.54, 1.807) is 25.1 Å². The Balaban J connectivity index is 2.04. The average molecular weight is 439 g/mol. The maximum Gasteiger partial charge on any atom is 0.416 e. The molecule has 0 aliphatic heterocycles. The molecule has 11 heteroatoms. The molecule has 0 spiro atoms. The summed E-state index contributed by atoms with van der Waals surface area (Å²) in [5, 5.41) is 2.97. The van der Waals surface area contributed by atoms with Crippen LogP contribution in [0.2, 0.25) is 5.02 Å². The summed E-state index contributed by atoms with van der Waals surface area (Å²) in [4.78, 5) is 10.8. The molecule has 0 bridgehead atoms. The van der Waals surface area contributed by atoms with Crippen molar-refractivity contribution >= 4 is 33.2 Å². The molecule has 0 aromatic heterocycles. The predicted octanol–water partition coefficient (Wildman–Crippen LogP) is 4.11. The van der Waals surface area contributed by atoms with Crippen LogP contribution in [0.15, 0.2) is 41.3 Å². The molecule has 0 saturated heterocycles. The smallest absolute Gasteiger partial charge is 0.326 e. The SMILES string of the molecule is Cc1c(Cl)cccc1NC(=O)CCNS(=O)(=O)c1cc(C(F)(F)F)ccc1F. The molecular formula is C17H15ClF4N2O3S. The van der Waals surface area contributed by atoms with Crippen molar-refractivity contribution in [3.63, 3.8) is 0 Å². The van der Waals surface area contributed by atoms with Crippen molar-refractivity contribution in [2.45, 2.75) is 24.4 Å². The zero-order valence-electron chi connectivity index (χ0n) is 14.4. The summed E-state index contributed by atoms with van der Waals surface area (Å²) in [6, 6.07) is 5.91. The molecule has 1 amide bonds. The van der Waals surface area contributed by atoms with Crippen LogP contribution in [0.5, 0.6) is 0 Å². The molecule has 28 heavy (non-hydrogen) atoms. The van der Waals surface area contributed by atoms with Gasteiger partial charge in [0.25, 0.3) is 0 Å². The van der Waals surface area contributed by atoms with Gasteiger partial charge in [0.05, 0.1) is 5.56 Å². The van der Waals surface area contributed by atoms with E-state index in [1.165, 1.54) is 0 Å². The summed E-state index contributed by atoms with van der Waals surface area (Å²) in [5.74, 6) is -1.89. The lowest BCUT2D eigenvalue weighted by atomic mass is 10.2. The number of carbonyl (C=O) groups excluding carboxylic acids is 1. The first kappa shape index (κ1) is 22.1. The van der Waals surface area contributed by atoms with Gasteiger partial charge in [-0.3, -0.25) is 4.79 Å². The highest BCUT2D eigenvalue weighted by Gasteiger charge is 2.33. The van der Waals surface area contributed by atoms with Gasteiger partial charge in [0, 0.05) is 23.7 Å². The van der Waals surface area contributed by atoms with Crippen molar-refractivity contribution in [3.8, 4) is 0 Å².